The molecule has 0 fully saturated rings. The van der Waals surface area contributed by atoms with Gasteiger partial charge in [-0.05, 0) is 24.6 Å². The Balaban J connectivity index is 2.52. The monoisotopic (exact) mass is 241 g/mol. The molecule has 0 aromatic heterocycles. The van der Waals surface area contributed by atoms with Gasteiger partial charge in [-0.1, -0.05) is 12.1 Å². The van der Waals surface area contributed by atoms with Crippen LogP contribution in [0.1, 0.15) is 22.8 Å². The second kappa shape index (κ2) is 6.51. The molecule has 0 radical (unpaired) electrons. The summed E-state index contributed by atoms with van der Waals surface area (Å²) >= 11 is 5.66. The van der Waals surface area contributed by atoms with Crippen molar-refractivity contribution in [2.24, 2.45) is 0 Å². The number of hydrogen-bond donors (Lipinski definition) is 1. The maximum atomic E-state index is 11.7. The summed E-state index contributed by atoms with van der Waals surface area (Å²) in [4.78, 5) is 11.7. The van der Waals surface area contributed by atoms with Crippen molar-refractivity contribution in [2.45, 2.75) is 18.9 Å². The first-order chi connectivity index (χ1) is 7.67. The lowest BCUT2D eigenvalue weighted by molar-refractivity contribution is 0.0870. The van der Waals surface area contributed by atoms with Crippen LogP contribution in [0, 0.1) is 0 Å². The zero-order valence-electron chi connectivity index (χ0n) is 9.50. The number of nitrogens with one attached hydrogen (secondary N) is 1. The number of alkyl halides is 1. The highest BCUT2D eigenvalue weighted by Crippen LogP contribution is 2.06. The smallest absolute Gasteiger partial charge is 0.251 e. The van der Waals surface area contributed by atoms with E-state index in [-0.39, 0.29) is 12.0 Å². The van der Waals surface area contributed by atoms with Gasteiger partial charge < -0.3 is 10.1 Å². The van der Waals surface area contributed by atoms with Crippen LogP contribution >= 0.6 is 11.6 Å². The van der Waals surface area contributed by atoms with Gasteiger partial charge in [0.1, 0.15) is 0 Å². The van der Waals surface area contributed by atoms with E-state index in [2.05, 4.69) is 5.32 Å². The summed E-state index contributed by atoms with van der Waals surface area (Å²) in [6, 6.07) is 7.23. The number of halogens is 1. The summed E-state index contributed by atoms with van der Waals surface area (Å²) < 4.78 is 5.04. The molecular formula is C12H16ClNO2. The van der Waals surface area contributed by atoms with Crippen LogP contribution in [0.15, 0.2) is 24.3 Å². The first-order valence-corrected chi connectivity index (χ1v) is 5.66. The molecule has 0 saturated carbocycles. The topological polar surface area (TPSA) is 38.3 Å². The van der Waals surface area contributed by atoms with E-state index in [0.717, 1.165) is 5.56 Å². The van der Waals surface area contributed by atoms with Crippen molar-refractivity contribution in [3.63, 3.8) is 0 Å². The Labute approximate surface area is 101 Å². The predicted octanol–water partition coefficient (Wildman–Crippen LogP) is 2.19. The highest BCUT2D eigenvalue weighted by atomic mass is 35.5. The fraction of sp³-hybridized carbons (Fsp3) is 0.417. The summed E-state index contributed by atoms with van der Waals surface area (Å²) in [5.41, 5.74) is 1.64. The Hall–Kier alpha value is -1.06. The number of ether oxygens (including phenoxy) is 1. The van der Waals surface area contributed by atoms with Gasteiger partial charge in [-0.3, -0.25) is 4.79 Å². The number of carbonyl (C=O) groups is 1. The molecule has 0 spiro atoms. The van der Waals surface area contributed by atoms with Gasteiger partial charge in [0.2, 0.25) is 0 Å². The molecule has 0 bridgehead atoms. The average Bonchev–Trinajstić information content (AvgIpc) is 2.35. The molecule has 0 aliphatic heterocycles. The standard InChI is InChI=1S/C12H16ClNO2/c1-9(16-2)8-14-12(15)11-5-3-10(7-13)4-6-11/h3-6,9H,7-8H2,1-2H3,(H,14,15). The number of benzene rings is 1. The molecule has 88 valence electrons. The normalized spacial score (nSPS) is 12.2. The Morgan fingerprint density at radius 1 is 1.44 bits per heavy atom. The zero-order valence-corrected chi connectivity index (χ0v) is 10.3. The second-order valence-corrected chi connectivity index (χ2v) is 3.85. The van der Waals surface area contributed by atoms with Gasteiger partial charge in [-0.15, -0.1) is 11.6 Å². The van der Waals surface area contributed by atoms with E-state index in [1.165, 1.54) is 0 Å². The molecule has 1 aromatic carbocycles. The Kier molecular flexibility index (Phi) is 5.29. The van der Waals surface area contributed by atoms with Crippen molar-refractivity contribution in [3.05, 3.63) is 35.4 Å². The van der Waals surface area contributed by atoms with E-state index >= 15 is 0 Å². The third-order valence-electron chi connectivity index (χ3n) is 2.32. The van der Waals surface area contributed by atoms with E-state index in [4.69, 9.17) is 16.3 Å². The molecule has 1 unspecified atom stereocenters. The number of methoxy groups -OCH3 is 1. The first-order valence-electron chi connectivity index (χ1n) is 5.13. The van der Waals surface area contributed by atoms with Crippen molar-refractivity contribution in [2.75, 3.05) is 13.7 Å². The summed E-state index contributed by atoms with van der Waals surface area (Å²) in [5.74, 6) is 0.368. The molecule has 0 aliphatic carbocycles. The fourth-order valence-electron chi connectivity index (χ4n) is 1.17. The van der Waals surface area contributed by atoms with Crippen molar-refractivity contribution in [1.29, 1.82) is 0 Å². The minimum absolute atomic E-state index is 0.0195. The molecule has 3 nitrogen and oxygen atoms in total. The molecule has 16 heavy (non-hydrogen) atoms. The van der Waals surface area contributed by atoms with Crippen molar-refractivity contribution < 1.29 is 9.53 Å². The van der Waals surface area contributed by atoms with Gasteiger partial charge in [0.15, 0.2) is 0 Å². The SMILES string of the molecule is COC(C)CNC(=O)c1ccc(CCl)cc1. The Morgan fingerprint density at radius 2 is 2.06 bits per heavy atom. The molecule has 4 heteroatoms. The highest BCUT2D eigenvalue weighted by molar-refractivity contribution is 6.17. The van der Waals surface area contributed by atoms with Gasteiger partial charge in [-0.2, -0.15) is 0 Å². The van der Waals surface area contributed by atoms with Gasteiger partial charge in [0.05, 0.1) is 6.10 Å². The number of amides is 1. The Bertz CT molecular complexity index is 337. The van der Waals surface area contributed by atoms with E-state index < -0.39 is 0 Å². The number of carbonyl (C=O) groups excluding carboxylic acids is 1. The van der Waals surface area contributed by atoms with Gasteiger partial charge in [0, 0.05) is 25.1 Å². The van der Waals surface area contributed by atoms with E-state index in [9.17, 15) is 4.79 Å². The van der Waals surface area contributed by atoms with E-state index in [1.807, 2.05) is 19.1 Å². The minimum Gasteiger partial charge on any atom is -0.380 e. The van der Waals surface area contributed by atoms with Crippen LogP contribution in [0.25, 0.3) is 0 Å². The summed E-state index contributed by atoms with van der Waals surface area (Å²) in [6.07, 6.45) is 0.0195. The van der Waals surface area contributed by atoms with Gasteiger partial charge >= 0.3 is 0 Å². The summed E-state index contributed by atoms with van der Waals surface area (Å²) in [6.45, 7) is 2.41. The molecule has 1 N–H and O–H groups in total. The number of rotatable bonds is 5. The molecule has 1 atom stereocenters. The van der Waals surface area contributed by atoms with E-state index in [1.54, 1.807) is 19.2 Å². The predicted molar refractivity (Wildman–Crippen MR) is 64.8 cm³/mol. The van der Waals surface area contributed by atoms with Crippen LogP contribution in [0.4, 0.5) is 0 Å². The number of hydrogen-bond acceptors (Lipinski definition) is 2. The van der Waals surface area contributed by atoms with Crippen LogP contribution in [-0.4, -0.2) is 25.7 Å². The lowest BCUT2D eigenvalue weighted by Crippen LogP contribution is -2.31. The van der Waals surface area contributed by atoms with Crippen molar-refractivity contribution in [1.82, 2.24) is 5.32 Å². The first kappa shape index (κ1) is 13.0. The van der Waals surface area contributed by atoms with Crippen molar-refractivity contribution >= 4 is 17.5 Å². The zero-order chi connectivity index (χ0) is 12.0. The summed E-state index contributed by atoms with van der Waals surface area (Å²) in [5, 5.41) is 2.79. The second-order valence-electron chi connectivity index (χ2n) is 3.59. The van der Waals surface area contributed by atoms with Crippen LogP contribution < -0.4 is 5.32 Å². The van der Waals surface area contributed by atoms with Crippen LogP contribution in [0.5, 0.6) is 0 Å². The third kappa shape index (κ3) is 3.83. The van der Waals surface area contributed by atoms with Crippen LogP contribution in [0.3, 0.4) is 0 Å². The maximum absolute atomic E-state index is 11.7. The van der Waals surface area contributed by atoms with Gasteiger partial charge in [0.25, 0.3) is 5.91 Å². The maximum Gasteiger partial charge on any atom is 0.251 e. The average molecular weight is 242 g/mol. The quantitative estimate of drug-likeness (QED) is 0.803. The van der Waals surface area contributed by atoms with Gasteiger partial charge in [-0.25, -0.2) is 0 Å². The minimum atomic E-state index is -0.0926. The Morgan fingerprint density at radius 3 is 2.56 bits per heavy atom. The highest BCUT2D eigenvalue weighted by Gasteiger charge is 2.06. The molecule has 1 rings (SSSR count). The van der Waals surface area contributed by atoms with Crippen molar-refractivity contribution in [3.8, 4) is 0 Å². The van der Waals surface area contributed by atoms with Crippen LogP contribution in [-0.2, 0) is 10.6 Å². The largest absolute Gasteiger partial charge is 0.380 e. The summed E-state index contributed by atoms with van der Waals surface area (Å²) in [7, 11) is 1.62. The third-order valence-corrected chi connectivity index (χ3v) is 2.63. The molecule has 1 aromatic rings. The molecule has 0 saturated heterocycles. The molecule has 0 aliphatic rings. The molecule has 1 amide bonds. The van der Waals surface area contributed by atoms with Crippen LogP contribution in [0.2, 0.25) is 0 Å². The fourth-order valence-corrected chi connectivity index (χ4v) is 1.35. The molecule has 0 heterocycles. The lowest BCUT2D eigenvalue weighted by Gasteiger charge is -2.10. The lowest BCUT2D eigenvalue weighted by atomic mass is 10.1. The van der Waals surface area contributed by atoms with E-state index in [0.29, 0.717) is 18.0 Å². The molecular weight excluding hydrogens is 226 g/mol.